The van der Waals surface area contributed by atoms with E-state index in [4.69, 9.17) is 26.8 Å². The van der Waals surface area contributed by atoms with E-state index < -0.39 is 0 Å². The minimum absolute atomic E-state index is 0.517. The molecule has 1 aromatic rings. The number of anilines is 1. The Morgan fingerprint density at radius 3 is 3.12 bits per heavy atom. The van der Waals surface area contributed by atoms with E-state index >= 15 is 0 Å². The first-order chi connectivity index (χ1) is 7.75. The summed E-state index contributed by atoms with van der Waals surface area (Å²) in [6.45, 7) is 2.91. The van der Waals surface area contributed by atoms with E-state index in [0.717, 1.165) is 37.5 Å². The lowest BCUT2D eigenvalue weighted by molar-refractivity contribution is 0.0794. The summed E-state index contributed by atoms with van der Waals surface area (Å²) in [6, 6.07) is 5.44. The molecule has 1 heterocycles. The Kier molecular flexibility index (Phi) is 4.04. The molecule has 1 aliphatic heterocycles. The molecule has 3 nitrogen and oxygen atoms in total. The van der Waals surface area contributed by atoms with Crippen molar-refractivity contribution in [3.8, 4) is 0 Å². The lowest BCUT2D eigenvalue weighted by Crippen LogP contribution is -2.09. The zero-order valence-electron chi connectivity index (χ0n) is 9.12. The monoisotopic (exact) mass is 241 g/mol. The van der Waals surface area contributed by atoms with Crippen LogP contribution in [0.25, 0.3) is 0 Å². The minimum Gasteiger partial charge on any atom is -0.398 e. The highest BCUT2D eigenvalue weighted by molar-refractivity contribution is 6.30. The summed E-state index contributed by atoms with van der Waals surface area (Å²) in [7, 11) is 0. The Bertz CT molecular complexity index is 351. The van der Waals surface area contributed by atoms with Crippen molar-refractivity contribution in [2.75, 3.05) is 25.6 Å². The van der Waals surface area contributed by atoms with Crippen molar-refractivity contribution in [2.24, 2.45) is 5.92 Å². The second-order valence-electron chi connectivity index (χ2n) is 4.09. The van der Waals surface area contributed by atoms with Crippen LogP contribution in [0.1, 0.15) is 12.0 Å². The SMILES string of the molecule is Nc1ccc(Cl)cc1COCC1CCOC1. The summed E-state index contributed by atoms with van der Waals surface area (Å²) in [5.74, 6) is 0.528. The zero-order valence-corrected chi connectivity index (χ0v) is 9.87. The molecule has 88 valence electrons. The maximum absolute atomic E-state index is 5.89. The van der Waals surface area contributed by atoms with Crippen LogP contribution in [0.3, 0.4) is 0 Å². The van der Waals surface area contributed by atoms with Crippen LogP contribution in [0.5, 0.6) is 0 Å². The Morgan fingerprint density at radius 2 is 2.38 bits per heavy atom. The van der Waals surface area contributed by atoms with Gasteiger partial charge in [0, 0.05) is 28.8 Å². The van der Waals surface area contributed by atoms with Gasteiger partial charge in [-0.2, -0.15) is 0 Å². The standard InChI is InChI=1S/C12H16ClNO2/c13-11-1-2-12(14)10(5-11)8-16-7-9-3-4-15-6-9/h1-2,5,9H,3-4,6-8,14H2. The molecule has 4 heteroatoms. The highest BCUT2D eigenvalue weighted by Crippen LogP contribution is 2.19. The third kappa shape index (κ3) is 3.11. The lowest BCUT2D eigenvalue weighted by Gasteiger charge is -2.10. The van der Waals surface area contributed by atoms with Crippen molar-refractivity contribution in [3.05, 3.63) is 28.8 Å². The molecule has 1 aliphatic rings. The van der Waals surface area contributed by atoms with Gasteiger partial charge >= 0.3 is 0 Å². The molecule has 1 unspecified atom stereocenters. The van der Waals surface area contributed by atoms with Crippen LogP contribution in [-0.4, -0.2) is 19.8 Å². The Labute approximate surface area is 100 Å². The predicted octanol–water partition coefficient (Wildman–Crippen LogP) is 2.48. The van der Waals surface area contributed by atoms with Crippen molar-refractivity contribution in [2.45, 2.75) is 13.0 Å². The lowest BCUT2D eigenvalue weighted by atomic mass is 10.1. The van der Waals surface area contributed by atoms with E-state index in [1.54, 1.807) is 12.1 Å². The molecule has 1 atom stereocenters. The molecule has 2 N–H and O–H groups in total. The van der Waals surface area contributed by atoms with Gasteiger partial charge in [0.05, 0.1) is 19.8 Å². The van der Waals surface area contributed by atoms with Gasteiger partial charge in [0.1, 0.15) is 0 Å². The molecule has 0 spiro atoms. The van der Waals surface area contributed by atoms with Crippen molar-refractivity contribution in [1.82, 2.24) is 0 Å². The first-order valence-electron chi connectivity index (χ1n) is 5.45. The first-order valence-corrected chi connectivity index (χ1v) is 5.83. The van der Waals surface area contributed by atoms with Crippen LogP contribution in [0.15, 0.2) is 18.2 Å². The average molecular weight is 242 g/mol. The van der Waals surface area contributed by atoms with E-state index in [-0.39, 0.29) is 0 Å². The summed E-state index contributed by atoms with van der Waals surface area (Å²) in [6.07, 6.45) is 1.09. The second kappa shape index (κ2) is 5.53. The Balaban J connectivity index is 1.82. The van der Waals surface area contributed by atoms with E-state index in [1.807, 2.05) is 6.07 Å². The van der Waals surface area contributed by atoms with Crippen LogP contribution in [-0.2, 0) is 16.1 Å². The predicted molar refractivity (Wildman–Crippen MR) is 64.4 cm³/mol. The summed E-state index contributed by atoms with van der Waals surface area (Å²) in [5.41, 5.74) is 7.50. The number of halogens is 1. The van der Waals surface area contributed by atoms with E-state index in [1.165, 1.54) is 0 Å². The van der Waals surface area contributed by atoms with Crippen LogP contribution >= 0.6 is 11.6 Å². The molecule has 0 amide bonds. The zero-order chi connectivity index (χ0) is 11.4. The second-order valence-corrected chi connectivity index (χ2v) is 4.52. The van der Waals surface area contributed by atoms with Crippen LogP contribution < -0.4 is 5.73 Å². The van der Waals surface area contributed by atoms with Crippen molar-refractivity contribution < 1.29 is 9.47 Å². The van der Waals surface area contributed by atoms with Crippen molar-refractivity contribution >= 4 is 17.3 Å². The number of nitrogens with two attached hydrogens (primary N) is 1. The fraction of sp³-hybridized carbons (Fsp3) is 0.500. The highest BCUT2D eigenvalue weighted by Gasteiger charge is 2.15. The number of benzene rings is 1. The molecule has 1 saturated heterocycles. The summed E-state index contributed by atoms with van der Waals surface area (Å²) >= 11 is 5.89. The van der Waals surface area contributed by atoms with Gasteiger partial charge in [0.2, 0.25) is 0 Å². The van der Waals surface area contributed by atoms with E-state index in [0.29, 0.717) is 17.5 Å². The molecule has 0 bridgehead atoms. The molecule has 1 fully saturated rings. The van der Waals surface area contributed by atoms with Crippen LogP contribution in [0.4, 0.5) is 5.69 Å². The number of hydrogen-bond donors (Lipinski definition) is 1. The summed E-state index contributed by atoms with van der Waals surface area (Å²) in [5, 5.41) is 0.692. The Hall–Kier alpha value is -0.770. The number of rotatable bonds is 4. The van der Waals surface area contributed by atoms with E-state index in [2.05, 4.69) is 0 Å². The molecule has 0 aliphatic carbocycles. The minimum atomic E-state index is 0.517. The van der Waals surface area contributed by atoms with Gasteiger partial charge in [-0.3, -0.25) is 0 Å². The van der Waals surface area contributed by atoms with Crippen LogP contribution in [0.2, 0.25) is 5.02 Å². The highest BCUT2D eigenvalue weighted by atomic mass is 35.5. The summed E-state index contributed by atoms with van der Waals surface area (Å²) < 4.78 is 10.9. The van der Waals surface area contributed by atoms with E-state index in [9.17, 15) is 0 Å². The first kappa shape index (κ1) is 11.7. The van der Waals surface area contributed by atoms with Gasteiger partial charge in [-0.15, -0.1) is 0 Å². The maximum Gasteiger partial charge on any atom is 0.0737 e. The van der Waals surface area contributed by atoms with Gasteiger partial charge in [-0.1, -0.05) is 11.6 Å². The number of ether oxygens (including phenoxy) is 2. The molecule has 0 saturated carbocycles. The van der Waals surface area contributed by atoms with Gasteiger partial charge < -0.3 is 15.2 Å². The molecule has 16 heavy (non-hydrogen) atoms. The van der Waals surface area contributed by atoms with Gasteiger partial charge in [0.25, 0.3) is 0 Å². The number of hydrogen-bond acceptors (Lipinski definition) is 3. The van der Waals surface area contributed by atoms with Gasteiger partial charge in [-0.25, -0.2) is 0 Å². The van der Waals surface area contributed by atoms with Crippen LogP contribution in [0, 0.1) is 5.92 Å². The summed E-state index contributed by atoms with van der Waals surface area (Å²) in [4.78, 5) is 0. The molecule has 0 aromatic heterocycles. The average Bonchev–Trinajstić information content (AvgIpc) is 2.76. The largest absolute Gasteiger partial charge is 0.398 e. The van der Waals surface area contributed by atoms with Crippen molar-refractivity contribution in [3.63, 3.8) is 0 Å². The maximum atomic E-state index is 5.89. The molecule has 2 rings (SSSR count). The molecular formula is C12H16ClNO2. The third-order valence-electron chi connectivity index (χ3n) is 2.74. The smallest absolute Gasteiger partial charge is 0.0737 e. The van der Waals surface area contributed by atoms with Gasteiger partial charge in [-0.05, 0) is 24.6 Å². The third-order valence-corrected chi connectivity index (χ3v) is 2.98. The van der Waals surface area contributed by atoms with Gasteiger partial charge in [0.15, 0.2) is 0 Å². The fourth-order valence-corrected chi connectivity index (χ4v) is 1.94. The molecule has 1 aromatic carbocycles. The fourth-order valence-electron chi connectivity index (χ4n) is 1.75. The molecule has 0 radical (unpaired) electrons. The normalized spacial score (nSPS) is 20.2. The number of nitrogen functional groups attached to an aromatic ring is 1. The van der Waals surface area contributed by atoms with Crippen molar-refractivity contribution in [1.29, 1.82) is 0 Å². The molecular weight excluding hydrogens is 226 g/mol. The quantitative estimate of drug-likeness (QED) is 0.824. The topological polar surface area (TPSA) is 44.5 Å². The Morgan fingerprint density at radius 1 is 1.50 bits per heavy atom.